The van der Waals surface area contributed by atoms with Crippen LogP contribution in [0.1, 0.15) is 27.3 Å². The SMILES string of the molecule is Cc1nc(SCC(=O)c2cccc(Cl)c2)nc(C)c1C. The van der Waals surface area contributed by atoms with Gasteiger partial charge in [-0.25, -0.2) is 9.97 Å². The molecule has 1 aromatic heterocycles. The van der Waals surface area contributed by atoms with Crippen LogP contribution < -0.4 is 0 Å². The highest BCUT2D eigenvalue weighted by Crippen LogP contribution is 2.19. The number of Topliss-reactive ketones (excluding diaryl/α,β-unsaturated/α-hetero) is 1. The predicted octanol–water partition coefficient (Wildman–Crippen LogP) is 4.03. The molecule has 3 nitrogen and oxygen atoms in total. The van der Waals surface area contributed by atoms with Crippen molar-refractivity contribution in [3.63, 3.8) is 0 Å². The Morgan fingerprint density at radius 1 is 1.20 bits per heavy atom. The standard InChI is InChI=1S/C15H15ClN2OS/c1-9-10(2)17-15(18-11(9)3)20-8-14(19)12-5-4-6-13(16)7-12/h4-7H,8H2,1-3H3. The summed E-state index contributed by atoms with van der Waals surface area (Å²) in [5, 5.41) is 1.21. The molecule has 104 valence electrons. The lowest BCUT2D eigenvalue weighted by atomic mass is 10.1. The normalized spacial score (nSPS) is 10.6. The number of ketones is 1. The zero-order valence-electron chi connectivity index (χ0n) is 11.6. The molecular formula is C15H15ClN2OS. The number of carbonyl (C=O) groups is 1. The average Bonchev–Trinajstić information content (AvgIpc) is 2.42. The van der Waals surface area contributed by atoms with E-state index in [0.29, 0.717) is 21.5 Å². The fourth-order valence-corrected chi connectivity index (χ4v) is 2.70. The van der Waals surface area contributed by atoms with Crippen LogP contribution in [0, 0.1) is 20.8 Å². The van der Waals surface area contributed by atoms with E-state index in [9.17, 15) is 4.79 Å². The van der Waals surface area contributed by atoms with Crippen molar-refractivity contribution in [2.45, 2.75) is 25.9 Å². The quantitative estimate of drug-likeness (QED) is 0.486. The molecule has 1 aromatic carbocycles. The van der Waals surface area contributed by atoms with Crippen molar-refractivity contribution in [3.8, 4) is 0 Å². The highest BCUT2D eigenvalue weighted by molar-refractivity contribution is 7.99. The summed E-state index contributed by atoms with van der Waals surface area (Å²) in [6, 6.07) is 6.97. The van der Waals surface area contributed by atoms with Crippen LogP contribution in [0.5, 0.6) is 0 Å². The predicted molar refractivity (Wildman–Crippen MR) is 82.7 cm³/mol. The smallest absolute Gasteiger partial charge is 0.188 e. The van der Waals surface area contributed by atoms with Crippen LogP contribution in [0.2, 0.25) is 5.02 Å². The second-order valence-electron chi connectivity index (χ2n) is 4.52. The van der Waals surface area contributed by atoms with E-state index in [0.717, 1.165) is 17.0 Å². The molecule has 0 aliphatic heterocycles. The summed E-state index contributed by atoms with van der Waals surface area (Å²) in [6.07, 6.45) is 0. The van der Waals surface area contributed by atoms with E-state index in [1.807, 2.05) is 20.8 Å². The molecule has 0 saturated heterocycles. The lowest BCUT2D eigenvalue weighted by molar-refractivity contribution is 0.102. The monoisotopic (exact) mass is 306 g/mol. The van der Waals surface area contributed by atoms with Crippen LogP contribution in [0.25, 0.3) is 0 Å². The number of nitrogens with zero attached hydrogens (tertiary/aromatic N) is 2. The number of aryl methyl sites for hydroxylation is 2. The summed E-state index contributed by atoms with van der Waals surface area (Å²) in [7, 11) is 0. The van der Waals surface area contributed by atoms with Gasteiger partial charge in [-0.15, -0.1) is 0 Å². The minimum Gasteiger partial charge on any atom is -0.293 e. The number of rotatable bonds is 4. The molecule has 1 heterocycles. The summed E-state index contributed by atoms with van der Waals surface area (Å²) in [5.41, 5.74) is 3.62. The molecule has 0 atom stereocenters. The zero-order chi connectivity index (χ0) is 14.7. The van der Waals surface area contributed by atoms with E-state index in [2.05, 4.69) is 9.97 Å². The molecule has 0 N–H and O–H groups in total. The van der Waals surface area contributed by atoms with E-state index < -0.39 is 0 Å². The number of hydrogen-bond donors (Lipinski definition) is 0. The maximum Gasteiger partial charge on any atom is 0.188 e. The summed E-state index contributed by atoms with van der Waals surface area (Å²) in [4.78, 5) is 20.9. The lowest BCUT2D eigenvalue weighted by Crippen LogP contribution is -2.04. The first kappa shape index (κ1) is 15.0. The summed E-state index contributed by atoms with van der Waals surface area (Å²) in [6.45, 7) is 5.90. The molecule has 0 fully saturated rings. The van der Waals surface area contributed by atoms with E-state index in [1.54, 1.807) is 24.3 Å². The van der Waals surface area contributed by atoms with Crippen LogP contribution in [0.15, 0.2) is 29.4 Å². The lowest BCUT2D eigenvalue weighted by Gasteiger charge is -2.06. The van der Waals surface area contributed by atoms with E-state index in [-0.39, 0.29) is 5.78 Å². The van der Waals surface area contributed by atoms with Gasteiger partial charge in [0, 0.05) is 22.0 Å². The molecule has 0 spiro atoms. The number of halogens is 1. The van der Waals surface area contributed by atoms with Gasteiger partial charge >= 0.3 is 0 Å². The summed E-state index contributed by atoms with van der Waals surface area (Å²) >= 11 is 7.23. The Labute approximate surface area is 127 Å². The second-order valence-corrected chi connectivity index (χ2v) is 5.90. The Morgan fingerprint density at radius 2 is 1.85 bits per heavy atom. The van der Waals surface area contributed by atoms with Gasteiger partial charge in [0.15, 0.2) is 10.9 Å². The molecule has 0 amide bonds. The molecule has 0 unspecified atom stereocenters. The first-order valence-corrected chi connectivity index (χ1v) is 7.57. The van der Waals surface area contributed by atoms with Crippen LogP contribution in [0.4, 0.5) is 0 Å². The molecule has 2 aromatic rings. The minimum atomic E-state index is 0.0250. The van der Waals surface area contributed by atoms with Gasteiger partial charge in [0.1, 0.15) is 0 Å². The van der Waals surface area contributed by atoms with Gasteiger partial charge in [-0.05, 0) is 38.5 Å². The van der Waals surface area contributed by atoms with Crippen molar-refractivity contribution in [1.82, 2.24) is 9.97 Å². The maximum atomic E-state index is 12.1. The van der Waals surface area contributed by atoms with Crippen molar-refractivity contribution >= 4 is 29.1 Å². The van der Waals surface area contributed by atoms with Crippen molar-refractivity contribution < 1.29 is 4.79 Å². The van der Waals surface area contributed by atoms with Gasteiger partial charge in [-0.2, -0.15) is 0 Å². The van der Waals surface area contributed by atoms with Crippen LogP contribution in [-0.4, -0.2) is 21.5 Å². The third-order valence-corrected chi connectivity index (χ3v) is 4.17. The van der Waals surface area contributed by atoms with Gasteiger partial charge in [-0.1, -0.05) is 35.5 Å². The van der Waals surface area contributed by atoms with Gasteiger partial charge < -0.3 is 0 Å². The summed E-state index contributed by atoms with van der Waals surface area (Å²) in [5.74, 6) is 0.333. The summed E-state index contributed by atoms with van der Waals surface area (Å²) < 4.78 is 0. The van der Waals surface area contributed by atoms with Crippen molar-refractivity contribution in [2.75, 3.05) is 5.75 Å². The van der Waals surface area contributed by atoms with Gasteiger partial charge in [0.05, 0.1) is 5.75 Å². The maximum absolute atomic E-state index is 12.1. The van der Waals surface area contributed by atoms with Crippen LogP contribution in [-0.2, 0) is 0 Å². The Bertz CT molecular complexity index is 635. The van der Waals surface area contributed by atoms with Gasteiger partial charge in [0.2, 0.25) is 0 Å². The molecule has 0 aliphatic rings. The van der Waals surface area contributed by atoms with Gasteiger partial charge in [-0.3, -0.25) is 4.79 Å². The molecule has 5 heteroatoms. The zero-order valence-corrected chi connectivity index (χ0v) is 13.2. The molecule has 0 bridgehead atoms. The third-order valence-electron chi connectivity index (χ3n) is 3.09. The highest BCUT2D eigenvalue weighted by Gasteiger charge is 2.10. The molecule has 0 radical (unpaired) electrons. The van der Waals surface area contributed by atoms with Crippen LogP contribution in [0.3, 0.4) is 0 Å². The van der Waals surface area contributed by atoms with E-state index in [1.165, 1.54) is 11.8 Å². The highest BCUT2D eigenvalue weighted by atomic mass is 35.5. The molecule has 2 rings (SSSR count). The Morgan fingerprint density at radius 3 is 2.45 bits per heavy atom. The number of aromatic nitrogens is 2. The fourth-order valence-electron chi connectivity index (χ4n) is 1.68. The molecule has 0 saturated carbocycles. The number of hydrogen-bond acceptors (Lipinski definition) is 4. The largest absolute Gasteiger partial charge is 0.293 e. The fraction of sp³-hybridized carbons (Fsp3) is 0.267. The Balaban J connectivity index is 2.07. The topological polar surface area (TPSA) is 42.9 Å². The molecule has 0 aliphatic carbocycles. The van der Waals surface area contributed by atoms with E-state index >= 15 is 0 Å². The first-order chi connectivity index (χ1) is 9.47. The number of carbonyl (C=O) groups excluding carboxylic acids is 1. The number of benzene rings is 1. The van der Waals surface area contributed by atoms with Crippen molar-refractivity contribution in [3.05, 3.63) is 51.8 Å². The van der Waals surface area contributed by atoms with E-state index in [4.69, 9.17) is 11.6 Å². The van der Waals surface area contributed by atoms with Crippen LogP contribution >= 0.6 is 23.4 Å². The molecular weight excluding hydrogens is 292 g/mol. The average molecular weight is 307 g/mol. The Hall–Kier alpha value is -1.39. The molecule has 20 heavy (non-hydrogen) atoms. The third kappa shape index (κ3) is 3.58. The first-order valence-electron chi connectivity index (χ1n) is 6.21. The second kappa shape index (κ2) is 6.37. The van der Waals surface area contributed by atoms with Crippen molar-refractivity contribution in [2.24, 2.45) is 0 Å². The number of thioether (sulfide) groups is 1. The minimum absolute atomic E-state index is 0.0250. The van der Waals surface area contributed by atoms with Gasteiger partial charge in [0.25, 0.3) is 0 Å². The Kier molecular flexibility index (Phi) is 4.78. The van der Waals surface area contributed by atoms with Crippen molar-refractivity contribution in [1.29, 1.82) is 0 Å².